The van der Waals surface area contributed by atoms with Gasteiger partial charge in [0.25, 0.3) is 0 Å². The molecule has 0 heterocycles. The molecule has 1 N–H and O–H groups in total. The van der Waals surface area contributed by atoms with E-state index in [1.165, 1.54) is 24.3 Å². The SMILES string of the molecule is OC(c1cccc(OC(F)(F)F)c1)c1cc(Br)ccc1F. The number of rotatable bonds is 3. The summed E-state index contributed by atoms with van der Waals surface area (Å²) in [5.41, 5.74) is 0.0438. The van der Waals surface area contributed by atoms with Gasteiger partial charge in [0.2, 0.25) is 0 Å². The molecule has 2 aromatic carbocycles. The molecule has 0 saturated heterocycles. The Kier molecular flexibility index (Phi) is 4.53. The normalized spacial score (nSPS) is 13.0. The van der Waals surface area contributed by atoms with Crippen molar-refractivity contribution < 1.29 is 27.4 Å². The third-order valence-electron chi connectivity index (χ3n) is 2.66. The van der Waals surface area contributed by atoms with Gasteiger partial charge in [-0.2, -0.15) is 0 Å². The van der Waals surface area contributed by atoms with Crippen LogP contribution in [0.5, 0.6) is 5.75 Å². The van der Waals surface area contributed by atoms with Crippen LogP contribution in [0.4, 0.5) is 17.6 Å². The number of halogens is 5. The Hall–Kier alpha value is -1.60. The van der Waals surface area contributed by atoms with Crippen LogP contribution in [0.15, 0.2) is 46.9 Å². The van der Waals surface area contributed by atoms with Gasteiger partial charge in [-0.3, -0.25) is 0 Å². The molecule has 0 saturated carbocycles. The second-order valence-corrected chi connectivity index (χ2v) is 5.10. The largest absolute Gasteiger partial charge is 0.573 e. The van der Waals surface area contributed by atoms with Crippen LogP contribution in [0.2, 0.25) is 0 Å². The summed E-state index contributed by atoms with van der Waals surface area (Å²) in [4.78, 5) is 0. The number of alkyl halides is 3. The molecule has 1 atom stereocenters. The summed E-state index contributed by atoms with van der Waals surface area (Å²) < 4.78 is 54.5. The van der Waals surface area contributed by atoms with Gasteiger partial charge >= 0.3 is 6.36 Å². The first-order valence-corrected chi connectivity index (χ1v) is 6.54. The van der Waals surface area contributed by atoms with Gasteiger partial charge in [-0.05, 0) is 35.9 Å². The predicted molar refractivity (Wildman–Crippen MR) is 71.3 cm³/mol. The van der Waals surface area contributed by atoms with Crippen molar-refractivity contribution in [1.82, 2.24) is 0 Å². The van der Waals surface area contributed by atoms with E-state index in [9.17, 15) is 22.7 Å². The molecule has 21 heavy (non-hydrogen) atoms. The molecule has 1 unspecified atom stereocenters. The van der Waals surface area contributed by atoms with E-state index < -0.39 is 24.0 Å². The van der Waals surface area contributed by atoms with Gasteiger partial charge in [0, 0.05) is 10.0 Å². The lowest BCUT2D eigenvalue weighted by Crippen LogP contribution is -2.17. The lowest BCUT2D eigenvalue weighted by molar-refractivity contribution is -0.274. The molecule has 0 spiro atoms. The highest BCUT2D eigenvalue weighted by atomic mass is 79.9. The Labute approximate surface area is 126 Å². The average molecular weight is 365 g/mol. The molecule has 0 aliphatic carbocycles. The van der Waals surface area contributed by atoms with Crippen LogP contribution in [0.1, 0.15) is 17.2 Å². The fraction of sp³-hybridized carbons (Fsp3) is 0.143. The number of hydrogen-bond acceptors (Lipinski definition) is 2. The van der Waals surface area contributed by atoms with Crippen molar-refractivity contribution in [3.63, 3.8) is 0 Å². The number of aliphatic hydroxyl groups is 1. The maximum absolute atomic E-state index is 13.7. The van der Waals surface area contributed by atoms with Crippen molar-refractivity contribution in [2.75, 3.05) is 0 Å². The molecule has 0 fully saturated rings. The van der Waals surface area contributed by atoms with Crippen molar-refractivity contribution in [2.24, 2.45) is 0 Å². The fourth-order valence-corrected chi connectivity index (χ4v) is 2.16. The van der Waals surface area contributed by atoms with E-state index in [1.54, 1.807) is 0 Å². The van der Waals surface area contributed by atoms with E-state index in [1.807, 2.05) is 0 Å². The molecule has 7 heteroatoms. The van der Waals surface area contributed by atoms with E-state index in [0.29, 0.717) is 4.47 Å². The molecule has 0 aliphatic rings. The molecular formula is C14H9BrF4O2. The number of ether oxygens (including phenoxy) is 1. The van der Waals surface area contributed by atoms with Crippen LogP contribution in [0.25, 0.3) is 0 Å². The number of aliphatic hydroxyl groups excluding tert-OH is 1. The van der Waals surface area contributed by atoms with Crippen molar-refractivity contribution in [3.8, 4) is 5.75 Å². The smallest absolute Gasteiger partial charge is 0.406 e. The lowest BCUT2D eigenvalue weighted by Gasteiger charge is -2.15. The maximum atomic E-state index is 13.7. The van der Waals surface area contributed by atoms with Crippen molar-refractivity contribution in [1.29, 1.82) is 0 Å². The summed E-state index contributed by atoms with van der Waals surface area (Å²) in [6, 6.07) is 8.74. The summed E-state index contributed by atoms with van der Waals surface area (Å²) in [7, 11) is 0. The van der Waals surface area contributed by atoms with Gasteiger partial charge in [0.1, 0.15) is 17.7 Å². The molecule has 0 amide bonds. The molecular weight excluding hydrogens is 356 g/mol. The molecule has 2 nitrogen and oxygen atoms in total. The second kappa shape index (κ2) is 6.03. The van der Waals surface area contributed by atoms with Crippen molar-refractivity contribution in [3.05, 3.63) is 63.9 Å². The Morgan fingerprint density at radius 1 is 1.10 bits per heavy atom. The zero-order valence-corrected chi connectivity index (χ0v) is 12.0. The van der Waals surface area contributed by atoms with E-state index in [-0.39, 0.29) is 11.1 Å². The molecule has 0 aliphatic heterocycles. The monoisotopic (exact) mass is 364 g/mol. The van der Waals surface area contributed by atoms with Crippen LogP contribution >= 0.6 is 15.9 Å². The summed E-state index contributed by atoms with van der Waals surface area (Å²) in [6.07, 6.45) is -6.23. The predicted octanol–water partition coefficient (Wildman–Crippen LogP) is 4.57. The lowest BCUT2D eigenvalue weighted by atomic mass is 10.0. The van der Waals surface area contributed by atoms with E-state index in [4.69, 9.17) is 0 Å². The van der Waals surface area contributed by atoms with Crippen LogP contribution in [0, 0.1) is 5.82 Å². The summed E-state index contributed by atoms with van der Waals surface area (Å²) >= 11 is 3.14. The number of hydrogen-bond donors (Lipinski definition) is 1. The standard InChI is InChI=1S/C14H9BrF4O2/c15-9-4-5-12(16)11(7-9)13(20)8-2-1-3-10(6-8)21-14(17,18)19/h1-7,13,20H. The zero-order chi connectivity index (χ0) is 15.6. The Morgan fingerprint density at radius 3 is 2.48 bits per heavy atom. The Balaban J connectivity index is 2.33. The Morgan fingerprint density at radius 2 is 1.81 bits per heavy atom. The van der Waals surface area contributed by atoms with Gasteiger partial charge in [-0.1, -0.05) is 28.1 Å². The van der Waals surface area contributed by atoms with Crippen LogP contribution < -0.4 is 4.74 Å². The first-order chi connectivity index (χ1) is 9.76. The first-order valence-electron chi connectivity index (χ1n) is 5.75. The minimum absolute atomic E-state index is 0.0477. The van der Waals surface area contributed by atoms with Crippen molar-refractivity contribution in [2.45, 2.75) is 12.5 Å². The summed E-state index contributed by atoms with van der Waals surface area (Å²) in [5, 5.41) is 10.1. The quantitative estimate of drug-likeness (QED) is 0.808. The second-order valence-electron chi connectivity index (χ2n) is 4.19. The first kappa shape index (κ1) is 15.8. The minimum atomic E-state index is -4.83. The summed E-state index contributed by atoms with van der Waals surface area (Å²) in [6.45, 7) is 0. The van der Waals surface area contributed by atoms with Gasteiger partial charge in [-0.15, -0.1) is 13.2 Å². The van der Waals surface area contributed by atoms with Crippen LogP contribution in [-0.2, 0) is 0 Å². The zero-order valence-electron chi connectivity index (χ0n) is 10.4. The van der Waals surface area contributed by atoms with Gasteiger partial charge in [0.15, 0.2) is 0 Å². The van der Waals surface area contributed by atoms with E-state index in [2.05, 4.69) is 20.7 Å². The average Bonchev–Trinajstić information content (AvgIpc) is 2.39. The Bertz CT molecular complexity index is 643. The maximum Gasteiger partial charge on any atom is 0.573 e. The van der Waals surface area contributed by atoms with Crippen LogP contribution in [0.3, 0.4) is 0 Å². The fourth-order valence-electron chi connectivity index (χ4n) is 1.79. The molecule has 2 aromatic rings. The van der Waals surface area contributed by atoms with Crippen LogP contribution in [-0.4, -0.2) is 11.5 Å². The highest BCUT2D eigenvalue weighted by Gasteiger charge is 2.31. The highest BCUT2D eigenvalue weighted by molar-refractivity contribution is 9.10. The molecule has 112 valence electrons. The minimum Gasteiger partial charge on any atom is -0.406 e. The summed E-state index contributed by atoms with van der Waals surface area (Å²) in [5.74, 6) is -1.14. The highest BCUT2D eigenvalue weighted by Crippen LogP contribution is 2.30. The van der Waals surface area contributed by atoms with Crippen molar-refractivity contribution >= 4 is 15.9 Å². The third kappa shape index (κ3) is 4.18. The van der Waals surface area contributed by atoms with Gasteiger partial charge in [-0.25, -0.2) is 4.39 Å². The molecule has 2 rings (SSSR count). The van der Waals surface area contributed by atoms with E-state index >= 15 is 0 Å². The van der Waals surface area contributed by atoms with E-state index in [0.717, 1.165) is 18.2 Å². The molecule has 0 radical (unpaired) electrons. The topological polar surface area (TPSA) is 29.5 Å². The van der Waals surface area contributed by atoms with Gasteiger partial charge in [0.05, 0.1) is 0 Å². The van der Waals surface area contributed by atoms with Gasteiger partial charge < -0.3 is 9.84 Å². The molecule has 0 aromatic heterocycles. The number of benzene rings is 2. The third-order valence-corrected chi connectivity index (χ3v) is 3.15. The molecule has 0 bridgehead atoms.